The number of benzene rings is 1. The first-order valence-corrected chi connectivity index (χ1v) is 7.57. The molecule has 0 spiro atoms. The summed E-state index contributed by atoms with van der Waals surface area (Å²) in [6, 6.07) is 8.71. The standard InChI is InChI=1S/C14H22ClNS/c1-4-13(5-2)16-10-11(3)17-14-8-6-7-12(15)9-14/h6-9,11,13,16H,4-5,10H2,1-3H3. The second-order valence-electron chi connectivity index (χ2n) is 4.31. The Morgan fingerprint density at radius 3 is 2.59 bits per heavy atom. The van der Waals surface area contributed by atoms with Crippen LogP contribution in [0.3, 0.4) is 0 Å². The molecule has 0 aliphatic carbocycles. The quantitative estimate of drug-likeness (QED) is 0.728. The van der Waals surface area contributed by atoms with E-state index in [1.165, 1.54) is 17.7 Å². The van der Waals surface area contributed by atoms with E-state index >= 15 is 0 Å². The van der Waals surface area contributed by atoms with Crippen LogP contribution in [-0.2, 0) is 0 Å². The van der Waals surface area contributed by atoms with Crippen LogP contribution in [0.15, 0.2) is 29.2 Å². The van der Waals surface area contributed by atoms with Gasteiger partial charge >= 0.3 is 0 Å². The lowest BCUT2D eigenvalue weighted by Crippen LogP contribution is -2.32. The Morgan fingerprint density at radius 2 is 2.00 bits per heavy atom. The second kappa shape index (κ2) is 8.02. The summed E-state index contributed by atoms with van der Waals surface area (Å²) in [7, 11) is 0. The molecule has 0 saturated heterocycles. The zero-order chi connectivity index (χ0) is 12.7. The van der Waals surface area contributed by atoms with E-state index in [-0.39, 0.29) is 0 Å². The summed E-state index contributed by atoms with van der Waals surface area (Å²) >= 11 is 7.85. The van der Waals surface area contributed by atoms with Crippen molar-refractivity contribution >= 4 is 23.4 Å². The Bertz CT molecular complexity index is 326. The van der Waals surface area contributed by atoms with Gasteiger partial charge in [-0.25, -0.2) is 0 Å². The maximum absolute atomic E-state index is 5.97. The average Bonchev–Trinajstić information content (AvgIpc) is 2.30. The second-order valence-corrected chi connectivity index (χ2v) is 6.26. The molecule has 1 aromatic carbocycles. The van der Waals surface area contributed by atoms with Gasteiger partial charge in [0.25, 0.3) is 0 Å². The molecule has 0 saturated carbocycles. The van der Waals surface area contributed by atoms with E-state index in [1.54, 1.807) is 0 Å². The molecule has 96 valence electrons. The Labute approximate surface area is 114 Å². The van der Waals surface area contributed by atoms with Crippen LogP contribution in [-0.4, -0.2) is 17.8 Å². The molecule has 1 N–H and O–H groups in total. The van der Waals surface area contributed by atoms with Crippen LogP contribution in [0.2, 0.25) is 5.02 Å². The van der Waals surface area contributed by atoms with Crippen LogP contribution < -0.4 is 5.32 Å². The lowest BCUT2D eigenvalue weighted by molar-refractivity contribution is 0.488. The molecule has 0 radical (unpaired) electrons. The van der Waals surface area contributed by atoms with Gasteiger partial charge in [-0.2, -0.15) is 0 Å². The summed E-state index contributed by atoms with van der Waals surface area (Å²) < 4.78 is 0. The largest absolute Gasteiger partial charge is 0.313 e. The maximum Gasteiger partial charge on any atom is 0.0417 e. The molecule has 1 unspecified atom stereocenters. The minimum absolute atomic E-state index is 0.564. The predicted molar refractivity (Wildman–Crippen MR) is 79.1 cm³/mol. The smallest absolute Gasteiger partial charge is 0.0417 e. The zero-order valence-corrected chi connectivity index (χ0v) is 12.4. The van der Waals surface area contributed by atoms with Crippen molar-refractivity contribution in [3.63, 3.8) is 0 Å². The minimum atomic E-state index is 0.564. The Balaban J connectivity index is 2.36. The summed E-state index contributed by atoms with van der Waals surface area (Å²) in [6.45, 7) is 7.76. The number of rotatable bonds is 7. The molecule has 0 heterocycles. The van der Waals surface area contributed by atoms with Crippen molar-refractivity contribution in [3.8, 4) is 0 Å². The van der Waals surface area contributed by atoms with Crippen molar-refractivity contribution < 1.29 is 0 Å². The van der Waals surface area contributed by atoms with Crippen molar-refractivity contribution in [1.29, 1.82) is 0 Å². The van der Waals surface area contributed by atoms with Gasteiger partial charge in [0.15, 0.2) is 0 Å². The van der Waals surface area contributed by atoms with E-state index in [2.05, 4.69) is 32.2 Å². The lowest BCUT2D eigenvalue weighted by atomic mass is 10.2. The molecule has 0 aliphatic rings. The van der Waals surface area contributed by atoms with Crippen molar-refractivity contribution in [2.24, 2.45) is 0 Å². The van der Waals surface area contributed by atoms with Crippen LogP contribution in [0, 0.1) is 0 Å². The van der Waals surface area contributed by atoms with Gasteiger partial charge in [-0.3, -0.25) is 0 Å². The van der Waals surface area contributed by atoms with E-state index in [0.29, 0.717) is 11.3 Å². The molecule has 0 aliphatic heterocycles. The Morgan fingerprint density at radius 1 is 1.29 bits per heavy atom. The minimum Gasteiger partial charge on any atom is -0.313 e. The summed E-state index contributed by atoms with van der Waals surface area (Å²) in [6.07, 6.45) is 2.40. The maximum atomic E-state index is 5.97. The Hall–Kier alpha value is -0.180. The van der Waals surface area contributed by atoms with E-state index in [9.17, 15) is 0 Å². The Kier molecular flexibility index (Phi) is 7.02. The molecule has 1 rings (SSSR count). The van der Waals surface area contributed by atoms with E-state index in [4.69, 9.17) is 11.6 Å². The molecule has 0 amide bonds. The molecule has 0 bridgehead atoms. The summed E-state index contributed by atoms with van der Waals surface area (Å²) in [5.74, 6) is 0. The molecule has 1 nitrogen and oxygen atoms in total. The van der Waals surface area contributed by atoms with Crippen LogP contribution in [0.4, 0.5) is 0 Å². The van der Waals surface area contributed by atoms with E-state index < -0.39 is 0 Å². The third-order valence-electron chi connectivity index (χ3n) is 2.81. The van der Waals surface area contributed by atoms with Crippen LogP contribution in [0.5, 0.6) is 0 Å². The van der Waals surface area contributed by atoms with Crippen molar-refractivity contribution in [2.45, 2.75) is 49.8 Å². The van der Waals surface area contributed by atoms with Crippen molar-refractivity contribution in [1.82, 2.24) is 5.32 Å². The SMILES string of the molecule is CCC(CC)NCC(C)Sc1cccc(Cl)c1. The third-order valence-corrected chi connectivity index (χ3v) is 4.14. The monoisotopic (exact) mass is 271 g/mol. The molecular formula is C14H22ClNS. The summed E-state index contributed by atoms with van der Waals surface area (Å²) in [5, 5.41) is 4.98. The summed E-state index contributed by atoms with van der Waals surface area (Å²) in [5.41, 5.74) is 0. The number of hydrogen-bond acceptors (Lipinski definition) is 2. The topological polar surface area (TPSA) is 12.0 Å². The van der Waals surface area contributed by atoms with Gasteiger partial charge < -0.3 is 5.32 Å². The lowest BCUT2D eigenvalue weighted by Gasteiger charge is -2.18. The van der Waals surface area contributed by atoms with Crippen LogP contribution >= 0.6 is 23.4 Å². The van der Waals surface area contributed by atoms with Gasteiger partial charge in [0, 0.05) is 27.8 Å². The zero-order valence-electron chi connectivity index (χ0n) is 10.9. The fraction of sp³-hybridized carbons (Fsp3) is 0.571. The van der Waals surface area contributed by atoms with Gasteiger partial charge in [0.05, 0.1) is 0 Å². The summed E-state index contributed by atoms with van der Waals surface area (Å²) in [4.78, 5) is 1.25. The third kappa shape index (κ3) is 5.80. The highest BCUT2D eigenvalue weighted by molar-refractivity contribution is 8.00. The number of thioether (sulfide) groups is 1. The highest BCUT2D eigenvalue weighted by atomic mass is 35.5. The highest BCUT2D eigenvalue weighted by Gasteiger charge is 2.07. The fourth-order valence-corrected chi connectivity index (χ4v) is 2.98. The average molecular weight is 272 g/mol. The molecule has 0 fully saturated rings. The number of hydrogen-bond donors (Lipinski definition) is 1. The number of halogens is 1. The fourth-order valence-electron chi connectivity index (χ4n) is 1.72. The van der Waals surface area contributed by atoms with Crippen molar-refractivity contribution in [3.05, 3.63) is 29.3 Å². The molecule has 1 aromatic rings. The molecule has 0 aromatic heterocycles. The van der Waals surface area contributed by atoms with Gasteiger partial charge in [-0.15, -0.1) is 11.8 Å². The van der Waals surface area contributed by atoms with Gasteiger partial charge in [-0.1, -0.05) is 38.4 Å². The first-order chi connectivity index (χ1) is 8.15. The first-order valence-electron chi connectivity index (χ1n) is 6.31. The van der Waals surface area contributed by atoms with E-state index in [1.807, 2.05) is 30.0 Å². The van der Waals surface area contributed by atoms with Crippen LogP contribution in [0.1, 0.15) is 33.6 Å². The molecule has 17 heavy (non-hydrogen) atoms. The van der Waals surface area contributed by atoms with Gasteiger partial charge in [0.2, 0.25) is 0 Å². The normalized spacial score (nSPS) is 13.0. The van der Waals surface area contributed by atoms with Gasteiger partial charge in [0.1, 0.15) is 0 Å². The molecule has 1 atom stereocenters. The van der Waals surface area contributed by atoms with E-state index in [0.717, 1.165) is 11.6 Å². The van der Waals surface area contributed by atoms with Gasteiger partial charge in [-0.05, 0) is 31.0 Å². The van der Waals surface area contributed by atoms with Crippen LogP contribution in [0.25, 0.3) is 0 Å². The highest BCUT2D eigenvalue weighted by Crippen LogP contribution is 2.25. The molecule has 3 heteroatoms. The van der Waals surface area contributed by atoms with Crippen molar-refractivity contribution in [2.75, 3.05) is 6.54 Å². The molecular weight excluding hydrogens is 250 g/mol. The first kappa shape index (κ1) is 14.9. The number of nitrogens with one attached hydrogen (secondary N) is 1. The predicted octanol–water partition coefficient (Wildman–Crippen LogP) is 4.60.